The van der Waals surface area contributed by atoms with E-state index in [4.69, 9.17) is 11.6 Å². The van der Waals surface area contributed by atoms with Gasteiger partial charge in [0.25, 0.3) is 0 Å². The number of halogens is 2. The van der Waals surface area contributed by atoms with Crippen LogP contribution in [-0.2, 0) is 0 Å². The lowest BCUT2D eigenvalue weighted by Gasteiger charge is -2.17. The van der Waals surface area contributed by atoms with Crippen molar-refractivity contribution in [2.45, 2.75) is 19.9 Å². The number of benzene rings is 2. The first-order chi connectivity index (χ1) is 9.13. The summed E-state index contributed by atoms with van der Waals surface area (Å²) in [6.45, 7) is 5.10. The van der Waals surface area contributed by atoms with E-state index in [0.717, 1.165) is 17.7 Å². The summed E-state index contributed by atoms with van der Waals surface area (Å²) in [5.74, 6) is -0.386. The van der Waals surface area contributed by atoms with Gasteiger partial charge in [-0.3, -0.25) is 0 Å². The van der Waals surface area contributed by atoms with Crippen molar-refractivity contribution in [2.24, 2.45) is 0 Å². The zero-order valence-electron chi connectivity index (χ0n) is 11.1. The van der Waals surface area contributed by atoms with Gasteiger partial charge in [-0.1, -0.05) is 48.9 Å². The van der Waals surface area contributed by atoms with Gasteiger partial charge in [-0.25, -0.2) is 4.39 Å². The summed E-state index contributed by atoms with van der Waals surface area (Å²) in [6.07, 6.45) is 0. The molecule has 2 aromatic carbocycles. The van der Waals surface area contributed by atoms with Gasteiger partial charge in [0.05, 0.1) is 5.02 Å². The first-order valence-corrected chi connectivity index (χ1v) is 6.79. The van der Waals surface area contributed by atoms with E-state index in [1.165, 1.54) is 11.6 Å². The van der Waals surface area contributed by atoms with Crippen LogP contribution in [0.2, 0.25) is 5.02 Å². The normalized spacial score (nSPS) is 12.4. The average molecular weight is 278 g/mol. The van der Waals surface area contributed by atoms with E-state index < -0.39 is 0 Å². The van der Waals surface area contributed by atoms with Gasteiger partial charge in [0.15, 0.2) is 0 Å². The molecule has 0 fully saturated rings. The van der Waals surface area contributed by atoms with E-state index in [0.29, 0.717) is 0 Å². The lowest BCUT2D eigenvalue weighted by Crippen LogP contribution is -2.18. The van der Waals surface area contributed by atoms with Crippen molar-refractivity contribution < 1.29 is 4.39 Å². The predicted octanol–water partition coefficient (Wildman–Crippen LogP) is 4.82. The first kappa shape index (κ1) is 14.0. The molecule has 3 heteroatoms. The maximum absolute atomic E-state index is 13.3. The van der Waals surface area contributed by atoms with Gasteiger partial charge in [-0.05, 0) is 42.3 Å². The van der Waals surface area contributed by atoms with Crippen LogP contribution in [0.5, 0.6) is 0 Å². The van der Waals surface area contributed by atoms with Crippen molar-refractivity contribution in [2.75, 3.05) is 6.54 Å². The Kier molecular flexibility index (Phi) is 4.56. The van der Waals surface area contributed by atoms with E-state index >= 15 is 0 Å². The molecule has 100 valence electrons. The summed E-state index contributed by atoms with van der Waals surface area (Å²) in [4.78, 5) is 0. The van der Waals surface area contributed by atoms with Crippen LogP contribution in [0.4, 0.5) is 4.39 Å². The van der Waals surface area contributed by atoms with Gasteiger partial charge in [0.1, 0.15) is 5.82 Å². The number of nitrogens with one attached hydrogen (secondary N) is 1. The third-order valence-corrected chi connectivity index (χ3v) is 3.46. The predicted molar refractivity (Wildman–Crippen MR) is 78.9 cm³/mol. The summed E-state index contributed by atoms with van der Waals surface area (Å²) in [5, 5.41) is 3.55. The molecule has 0 aliphatic carbocycles. The number of hydrogen-bond acceptors (Lipinski definition) is 1. The van der Waals surface area contributed by atoms with Crippen LogP contribution in [-0.4, -0.2) is 6.54 Å². The highest BCUT2D eigenvalue weighted by atomic mass is 35.5. The molecular formula is C16H17ClFN. The number of rotatable bonds is 4. The minimum atomic E-state index is -0.386. The second kappa shape index (κ2) is 6.18. The maximum atomic E-state index is 13.3. The fourth-order valence-corrected chi connectivity index (χ4v) is 2.40. The molecular weight excluding hydrogens is 261 g/mol. The van der Waals surface area contributed by atoms with Gasteiger partial charge in [0, 0.05) is 6.04 Å². The molecule has 0 bridgehead atoms. The van der Waals surface area contributed by atoms with E-state index in [9.17, 15) is 4.39 Å². The molecule has 1 unspecified atom stereocenters. The van der Waals surface area contributed by atoms with Crippen LogP contribution >= 0.6 is 11.6 Å². The zero-order valence-corrected chi connectivity index (χ0v) is 11.8. The molecule has 0 radical (unpaired) electrons. The van der Waals surface area contributed by atoms with Crippen LogP contribution in [0.15, 0.2) is 42.5 Å². The van der Waals surface area contributed by atoms with Crippen LogP contribution in [0.1, 0.15) is 25.5 Å². The molecule has 0 spiro atoms. The van der Waals surface area contributed by atoms with Gasteiger partial charge >= 0.3 is 0 Å². The SMILES string of the molecule is CCNC(C)c1ccccc1-c1ccc(F)c(Cl)c1. The Morgan fingerprint density at radius 2 is 1.95 bits per heavy atom. The van der Waals surface area contributed by atoms with Crippen LogP contribution < -0.4 is 5.32 Å². The molecule has 0 aromatic heterocycles. The van der Waals surface area contributed by atoms with Crippen molar-refractivity contribution in [1.29, 1.82) is 0 Å². The molecule has 1 nitrogen and oxygen atoms in total. The summed E-state index contributed by atoms with van der Waals surface area (Å²) in [6, 6.07) is 13.2. The smallest absolute Gasteiger partial charge is 0.141 e. The molecule has 19 heavy (non-hydrogen) atoms. The largest absolute Gasteiger partial charge is 0.310 e. The molecule has 2 rings (SSSR count). The molecule has 2 aromatic rings. The Morgan fingerprint density at radius 1 is 1.21 bits per heavy atom. The zero-order chi connectivity index (χ0) is 13.8. The second-order valence-electron chi connectivity index (χ2n) is 4.50. The lowest BCUT2D eigenvalue weighted by atomic mass is 9.95. The fourth-order valence-electron chi connectivity index (χ4n) is 2.22. The van der Waals surface area contributed by atoms with Crippen molar-refractivity contribution >= 4 is 11.6 Å². The van der Waals surface area contributed by atoms with E-state index in [-0.39, 0.29) is 16.9 Å². The summed E-state index contributed by atoms with van der Waals surface area (Å²) in [7, 11) is 0. The van der Waals surface area contributed by atoms with Crippen LogP contribution in [0, 0.1) is 5.82 Å². The molecule has 0 aliphatic heterocycles. The lowest BCUT2D eigenvalue weighted by molar-refractivity contribution is 0.599. The van der Waals surface area contributed by atoms with Crippen molar-refractivity contribution in [3.05, 3.63) is 58.9 Å². The highest BCUT2D eigenvalue weighted by molar-refractivity contribution is 6.31. The van der Waals surface area contributed by atoms with Crippen LogP contribution in [0.25, 0.3) is 11.1 Å². The maximum Gasteiger partial charge on any atom is 0.141 e. The van der Waals surface area contributed by atoms with Crippen molar-refractivity contribution in [1.82, 2.24) is 5.32 Å². The average Bonchev–Trinajstić information content (AvgIpc) is 2.42. The van der Waals surface area contributed by atoms with Gasteiger partial charge in [-0.2, -0.15) is 0 Å². The minimum Gasteiger partial charge on any atom is -0.310 e. The van der Waals surface area contributed by atoms with E-state index in [1.807, 2.05) is 18.2 Å². The molecule has 0 aliphatic rings. The quantitative estimate of drug-likeness (QED) is 0.845. The summed E-state index contributed by atoms with van der Waals surface area (Å²) < 4.78 is 13.3. The molecule has 0 saturated heterocycles. The molecule has 0 saturated carbocycles. The molecule has 1 atom stereocenters. The minimum absolute atomic E-state index is 0.156. The highest BCUT2D eigenvalue weighted by Crippen LogP contribution is 2.30. The molecule has 1 N–H and O–H groups in total. The van der Waals surface area contributed by atoms with Crippen LogP contribution in [0.3, 0.4) is 0 Å². The van der Waals surface area contributed by atoms with E-state index in [2.05, 4.69) is 25.2 Å². The van der Waals surface area contributed by atoms with Crippen molar-refractivity contribution in [3.63, 3.8) is 0 Å². The third-order valence-electron chi connectivity index (χ3n) is 3.17. The highest BCUT2D eigenvalue weighted by Gasteiger charge is 2.11. The Labute approximate surface area is 118 Å². The van der Waals surface area contributed by atoms with Gasteiger partial charge in [-0.15, -0.1) is 0 Å². The first-order valence-electron chi connectivity index (χ1n) is 6.41. The van der Waals surface area contributed by atoms with Gasteiger partial charge in [0.2, 0.25) is 0 Å². The van der Waals surface area contributed by atoms with Crippen molar-refractivity contribution in [3.8, 4) is 11.1 Å². The molecule has 0 heterocycles. The fraction of sp³-hybridized carbons (Fsp3) is 0.250. The van der Waals surface area contributed by atoms with E-state index in [1.54, 1.807) is 12.1 Å². The monoisotopic (exact) mass is 277 g/mol. The molecule has 0 amide bonds. The topological polar surface area (TPSA) is 12.0 Å². The summed E-state index contributed by atoms with van der Waals surface area (Å²) in [5.41, 5.74) is 3.21. The Bertz CT molecular complexity index is 568. The standard InChI is InChI=1S/C16H17ClFN/c1-3-19-11(2)13-6-4-5-7-14(13)12-8-9-16(18)15(17)10-12/h4-11,19H,3H2,1-2H3. The summed E-state index contributed by atoms with van der Waals surface area (Å²) >= 11 is 5.87. The third kappa shape index (κ3) is 3.14. The second-order valence-corrected chi connectivity index (χ2v) is 4.90. The number of hydrogen-bond donors (Lipinski definition) is 1. The Balaban J connectivity index is 2.46. The van der Waals surface area contributed by atoms with Gasteiger partial charge < -0.3 is 5.32 Å². The Morgan fingerprint density at radius 3 is 2.63 bits per heavy atom. The Hall–Kier alpha value is -1.38.